The molecule has 1 saturated heterocycles. The Labute approximate surface area is 124 Å². The molecule has 1 heterocycles. The molecule has 0 aliphatic carbocycles. The highest BCUT2D eigenvalue weighted by Gasteiger charge is 2.14. The Morgan fingerprint density at radius 3 is 2.95 bits per heavy atom. The van der Waals surface area contributed by atoms with Crippen molar-refractivity contribution in [3.63, 3.8) is 0 Å². The van der Waals surface area contributed by atoms with E-state index in [1.165, 1.54) is 6.07 Å². The van der Waals surface area contributed by atoms with Gasteiger partial charge in [0.25, 0.3) is 0 Å². The molecule has 1 aromatic rings. The van der Waals surface area contributed by atoms with E-state index in [9.17, 15) is 9.18 Å². The standard InChI is InChI=1S/C14H19FN2O2.ClH/c15-12-5-1-2-6-13(12)19-9-7-14(18)17-10-11-4-3-8-16-11;/h1-2,5-6,11,16H,3-4,7-10H2,(H,17,18);1H. The van der Waals surface area contributed by atoms with Gasteiger partial charge in [0.1, 0.15) is 0 Å². The molecule has 0 saturated carbocycles. The van der Waals surface area contributed by atoms with Crippen LogP contribution in [0.3, 0.4) is 0 Å². The predicted octanol–water partition coefficient (Wildman–Crippen LogP) is 1.88. The van der Waals surface area contributed by atoms with E-state index in [0.29, 0.717) is 12.6 Å². The van der Waals surface area contributed by atoms with Crippen LogP contribution in [0.15, 0.2) is 24.3 Å². The van der Waals surface area contributed by atoms with Crippen molar-refractivity contribution in [1.82, 2.24) is 10.6 Å². The Balaban J connectivity index is 0.00000200. The van der Waals surface area contributed by atoms with Crippen LogP contribution in [0.4, 0.5) is 4.39 Å². The third-order valence-electron chi connectivity index (χ3n) is 3.13. The summed E-state index contributed by atoms with van der Waals surface area (Å²) in [5.41, 5.74) is 0. The summed E-state index contributed by atoms with van der Waals surface area (Å²) in [7, 11) is 0. The van der Waals surface area contributed by atoms with Crippen molar-refractivity contribution in [3.8, 4) is 5.75 Å². The molecule has 1 fully saturated rings. The molecule has 112 valence electrons. The molecule has 1 aliphatic rings. The number of para-hydroxylation sites is 1. The Hall–Kier alpha value is -1.33. The number of benzene rings is 1. The molecule has 2 rings (SSSR count). The fourth-order valence-electron chi connectivity index (χ4n) is 2.07. The summed E-state index contributed by atoms with van der Waals surface area (Å²) < 4.78 is 18.5. The van der Waals surface area contributed by atoms with Gasteiger partial charge >= 0.3 is 0 Å². The highest BCUT2D eigenvalue weighted by Crippen LogP contribution is 2.15. The molecule has 1 aromatic carbocycles. The van der Waals surface area contributed by atoms with Crippen molar-refractivity contribution in [2.75, 3.05) is 19.7 Å². The van der Waals surface area contributed by atoms with Crippen molar-refractivity contribution >= 4 is 18.3 Å². The summed E-state index contributed by atoms with van der Waals surface area (Å²) in [4.78, 5) is 11.6. The molecule has 0 spiro atoms. The van der Waals surface area contributed by atoms with Gasteiger partial charge in [-0.1, -0.05) is 12.1 Å². The lowest BCUT2D eigenvalue weighted by Crippen LogP contribution is -2.37. The molecule has 1 aliphatic heterocycles. The average molecular weight is 303 g/mol. The van der Waals surface area contributed by atoms with Gasteiger partial charge < -0.3 is 15.4 Å². The summed E-state index contributed by atoms with van der Waals surface area (Å²) in [6, 6.07) is 6.57. The van der Waals surface area contributed by atoms with E-state index in [0.717, 1.165) is 19.4 Å². The summed E-state index contributed by atoms with van der Waals surface area (Å²) in [6.45, 7) is 1.86. The lowest BCUT2D eigenvalue weighted by atomic mass is 10.2. The van der Waals surface area contributed by atoms with Gasteiger partial charge in [0.15, 0.2) is 11.6 Å². The van der Waals surface area contributed by atoms with Gasteiger partial charge in [-0.05, 0) is 31.5 Å². The summed E-state index contributed by atoms with van der Waals surface area (Å²) >= 11 is 0. The number of amides is 1. The number of carbonyl (C=O) groups is 1. The van der Waals surface area contributed by atoms with Crippen LogP contribution in [-0.2, 0) is 4.79 Å². The van der Waals surface area contributed by atoms with Crippen LogP contribution in [-0.4, -0.2) is 31.6 Å². The normalized spacial score (nSPS) is 17.4. The molecular formula is C14H20ClFN2O2. The second-order valence-corrected chi connectivity index (χ2v) is 4.63. The van der Waals surface area contributed by atoms with Crippen LogP contribution in [0.1, 0.15) is 19.3 Å². The second kappa shape index (κ2) is 8.76. The number of carbonyl (C=O) groups excluding carboxylic acids is 1. The largest absolute Gasteiger partial charge is 0.490 e. The van der Waals surface area contributed by atoms with E-state index < -0.39 is 5.82 Å². The van der Waals surface area contributed by atoms with Crippen molar-refractivity contribution in [2.24, 2.45) is 0 Å². The molecule has 1 amide bonds. The quantitative estimate of drug-likeness (QED) is 0.844. The molecule has 1 unspecified atom stereocenters. The Kier molecular flexibility index (Phi) is 7.33. The fraction of sp³-hybridized carbons (Fsp3) is 0.500. The van der Waals surface area contributed by atoms with Gasteiger partial charge in [0.05, 0.1) is 13.0 Å². The van der Waals surface area contributed by atoms with E-state index in [1.54, 1.807) is 18.2 Å². The van der Waals surface area contributed by atoms with Gasteiger partial charge in [-0.3, -0.25) is 4.79 Å². The molecule has 0 radical (unpaired) electrons. The highest BCUT2D eigenvalue weighted by atomic mass is 35.5. The molecule has 0 bridgehead atoms. The molecule has 0 aromatic heterocycles. The van der Waals surface area contributed by atoms with E-state index in [1.807, 2.05) is 0 Å². The van der Waals surface area contributed by atoms with Crippen LogP contribution in [0.25, 0.3) is 0 Å². The van der Waals surface area contributed by atoms with E-state index >= 15 is 0 Å². The number of rotatable bonds is 6. The maximum Gasteiger partial charge on any atom is 0.223 e. The summed E-state index contributed by atoms with van der Waals surface area (Å²) in [6.07, 6.45) is 2.50. The molecule has 1 atom stereocenters. The number of nitrogens with one attached hydrogen (secondary N) is 2. The van der Waals surface area contributed by atoms with Gasteiger partial charge in [0.2, 0.25) is 5.91 Å². The van der Waals surface area contributed by atoms with Crippen LogP contribution >= 0.6 is 12.4 Å². The minimum absolute atomic E-state index is 0. The third-order valence-corrected chi connectivity index (χ3v) is 3.13. The van der Waals surface area contributed by atoms with Crippen LogP contribution in [0.5, 0.6) is 5.75 Å². The van der Waals surface area contributed by atoms with Crippen molar-refractivity contribution < 1.29 is 13.9 Å². The van der Waals surface area contributed by atoms with E-state index in [4.69, 9.17) is 4.74 Å². The number of hydrogen-bond donors (Lipinski definition) is 2. The molecule has 20 heavy (non-hydrogen) atoms. The van der Waals surface area contributed by atoms with Crippen LogP contribution in [0, 0.1) is 5.82 Å². The lowest BCUT2D eigenvalue weighted by molar-refractivity contribution is -0.121. The molecular weight excluding hydrogens is 283 g/mol. The topological polar surface area (TPSA) is 50.4 Å². The van der Waals surface area contributed by atoms with Gasteiger partial charge in [-0.2, -0.15) is 0 Å². The molecule has 2 N–H and O–H groups in total. The maximum atomic E-state index is 13.2. The first-order valence-electron chi connectivity index (χ1n) is 6.63. The number of ether oxygens (including phenoxy) is 1. The highest BCUT2D eigenvalue weighted by molar-refractivity contribution is 5.85. The zero-order valence-corrected chi connectivity index (χ0v) is 12.0. The van der Waals surface area contributed by atoms with E-state index in [2.05, 4.69) is 10.6 Å². The Morgan fingerprint density at radius 1 is 1.45 bits per heavy atom. The first-order chi connectivity index (χ1) is 9.25. The van der Waals surface area contributed by atoms with Gasteiger partial charge in [-0.25, -0.2) is 4.39 Å². The van der Waals surface area contributed by atoms with Crippen LogP contribution < -0.4 is 15.4 Å². The Bertz CT molecular complexity index is 425. The molecule has 6 heteroatoms. The SMILES string of the molecule is Cl.O=C(CCOc1ccccc1F)NCC1CCCN1. The smallest absolute Gasteiger partial charge is 0.223 e. The summed E-state index contributed by atoms with van der Waals surface area (Å²) in [5.74, 6) is -0.282. The third kappa shape index (κ3) is 5.35. The minimum atomic E-state index is -0.405. The summed E-state index contributed by atoms with van der Waals surface area (Å²) in [5, 5.41) is 6.16. The van der Waals surface area contributed by atoms with Crippen molar-refractivity contribution in [3.05, 3.63) is 30.1 Å². The molecule has 4 nitrogen and oxygen atoms in total. The zero-order valence-electron chi connectivity index (χ0n) is 11.2. The first kappa shape index (κ1) is 16.7. The fourth-order valence-corrected chi connectivity index (χ4v) is 2.07. The van der Waals surface area contributed by atoms with Crippen LogP contribution in [0.2, 0.25) is 0 Å². The minimum Gasteiger partial charge on any atom is -0.490 e. The predicted molar refractivity (Wildman–Crippen MR) is 77.8 cm³/mol. The number of hydrogen-bond acceptors (Lipinski definition) is 3. The monoisotopic (exact) mass is 302 g/mol. The van der Waals surface area contributed by atoms with Crippen molar-refractivity contribution in [1.29, 1.82) is 0 Å². The lowest BCUT2D eigenvalue weighted by Gasteiger charge is -2.11. The maximum absolute atomic E-state index is 13.2. The number of halogens is 2. The van der Waals surface area contributed by atoms with Crippen molar-refractivity contribution in [2.45, 2.75) is 25.3 Å². The van der Waals surface area contributed by atoms with Gasteiger partial charge in [-0.15, -0.1) is 12.4 Å². The van der Waals surface area contributed by atoms with E-state index in [-0.39, 0.29) is 37.1 Å². The first-order valence-corrected chi connectivity index (χ1v) is 6.63. The Morgan fingerprint density at radius 2 is 2.25 bits per heavy atom. The average Bonchev–Trinajstić information content (AvgIpc) is 2.92. The second-order valence-electron chi connectivity index (χ2n) is 4.63. The van der Waals surface area contributed by atoms with Gasteiger partial charge in [0, 0.05) is 12.6 Å². The zero-order chi connectivity index (χ0) is 13.5.